The Hall–Kier alpha value is -0.850. The molecule has 0 saturated heterocycles. The number of hydrogen-bond acceptors (Lipinski definition) is 1. The Kier molecular flexibility index (Phi) is 6.06. The average molecular weight is 491 g/mol. The number of anilines is 1. The van der Waals surface area contributed by atoms with Gasteiger partial charge in [-0.1, -0.05) is 40.2 Å². The quantitative estimate of drug-likeness (QED) is 0.489. The summed E-state index contributed by atoms with van der Waals surface area (Å²) in [5.74, 6) is -0.0267. The molecule has 0 heterocycles. The first-order chi connectivity index (χ1) is 10.4. The molecule has 0 fully saturated rings. The number of carbonyl (C=O) groups is 1. The zero-order chi connectivity index (χ0) is 16.3. The van der Waals surface area contributed by atoms with E-state index in [9.17, 15) is 4.79 Å². The maximum atomic E-state index is 12.1. The predicted molar refractivity (Wildman–Crippen MR) is 105 cm³/mol. The van der Waals surface area contributed by atoms with Crippen LogP contribution in [0.25, 0.3) is 6.08 Å². The van der Waals surface area contributed by atoms with Gasteiger partial charge in [-0.05, 0) is 70.1 Å². The Morgan fingerprint density at radius 1 is 1.36 bits per heavy atom. The first kappa shape index (κ1) is 17.5. The van der Waals surface area contributed by atoms with Crippen molar-refractivity contribution in [1.82, 2.24) is 0 Å². The molecule has 22 heavy (non-hydrogen) atoms. The lowest BCUT2D eigenvalue weighted by molar-refractivity contribution is -0.116. The van der Waals surface area contributed by atoms with E-state index >= 15 is 0 Å². The van der Waals surface area contributed by atoms with Gasteiger partial charge in [0, 0.05) is 20.0 Å². The van der Waals surface area contributed by atoms with Gasteiger partial charge in [0.1, 0.15) is 0 Å². The largest absolute Gasteiger partial charge is 0.308 e. The Morgan fingerprint density at radius 2 is 2.09 bits per heavy atom. The number of amides is 1. The van der Waals surface area contributed by atoms with E-state index in [1.807, 2.05) is 30.3 Å². The first-order valence-corrected chi connectivity index (χ1v) is 8.81. The van der Waals surface area contributed by atoms with Crippen molar-refractivity contribution >= 4 is 67.8 Å². The van der Waals surface area contributed by atoms with Gasteiger partial charge in [-0.25, -0.2) is 0 Å². The summed E-state index contributed by atoms with van der Waals surface area (Å²) in [6.45, 7) is 5.86. The molecular weight excluding hydrogens is 476 g/mol. The Balaban J connectivity index is 2.45. The van der Waals surface area contributed by atoms with Gasteiger partial charge in [0.25, 0.3) is 0 Å². The van der Waals surface area contributed by atoms with Crippen LogP contribution in [0.1, 0.15) is 18.1 Å². The highest BCUT2D eigenvalue weighted by molar-refractivity contribution is 14.1. The van der Waals surface area contributed by atoms with E-state index in [1.54, 1.807) is 24.0 Å². The number of nitrogens with zero attached hydrogens (tertiary/aromatic N) is 1. The number of hydrogen-bond donors (Lipinski definition) is 0. The van der Waals surface area contributed by atoms with Gasteiger partial charge in [-0.3, -0.25) is 4.79 Å². The highest BCUT2D eigenvalue weighted by atomic mass is 127. The first-order valence-electron chi connectivity index (χ1n) is 6.56. The molecule has 5 heteroatoms. The monoisotopic (exact) mass is 489 g/mol. The van der Waals surface area contributed by atoms with Gasteiger partial charge >= 0.3 is 0 Å². The summed E-state index contributed by atoms with van der Waals surface area (Å²) in [7, 11) is 0. The third kappa shape index (κ3) is 4.12. The van der Waals surface area contributed by atoms with Crippen LogP contribution in [0.4, 0.5) is 5.69 Å². The van der Waals surface area contributed by atoms with Crippen molar-refractivity contribution in [2.24, 2.45) is 0 Å². The van der Waals surface area contributed by atoms with Crippen LogP contribution in [0.15, 0.2) is 47.4 Å². The smallest absolute Gasteiger partial charge is 0.224 e. The van der Waals surface area contributed by atoms with E-state index in [0.717, 1.165) is 24.9 Å². The van der Waals surface area contributed by atoms with Crippen LogP contribution >= 0.6 is 50.1 Å². The molecule has 0 aliphatic carbocycles. The minimum Gasteiger partial charge on any atom is -0.308 e. The van der Waals surface area contributed by atoms with Crippen molar-refractivity contribution in [3.63, 3.8) is 0 Å². The van der Waals surface area contributed by atoms with Gasteiger partial charge < -0.3 is 4.90 Å². The summed E-state index contributed by atoms with van der Waals surface area (Å²) in [5.41, 5.74) is 2.73. The number of halogens is 3. The Morgan fingerprint density at radius 3 is 2.73 bits per heavy atom. The van der Waals surface area contributed by atoms with Crippen molar-refractivity contribution in [1.29, 1.82) is 0 Å². The van der Waals surface area contributed by atoms with Crippen molar-refractivity contribution < 1.29 is 4.79 Å². The molecule has 0 aliphatic heterocycles. The third-order valence-electron chi connectivity index (χ3n) is 3.22. The maximum Gasteiger partial charge on any atom is 0.224 e. The standard InChI is InChI=1S/C17H14BrClINO/c1-3-12-9-15(19)5-7-17(12)21(11(2)22)10-13-8-14(18)4-6-16(13)20/h3-9H,1,10H2,2H3. The van der Waals surface area contributed by atoms with E-state index in [2.05, 4.69) is 45.1 Å². The number of benzene rings is 2. The molecule has 2 rings (SSSR count). The molecule has 114 valence electrons. The normalized spacial score (nSPS) is 10.4. The van der Waals surface area contributed by atoms with Crippen LogP contribution in [0.3, 0.4) is 0 Å². The van der Waals surface area contributed by atoms with Crippen molar-refractivity contribution in [3.05, 3.63) is 67.2 Å². The lowest BCUT2D eigenvalue weighted by atomic mass is 10.1. The van der Waals surface area contributed by atoms with Crippen LogP contribution in [-0.4, -0.2) is 5.91 Å². The summed E-state index contributed by atoms with van der Waals surface area (Å²) in [6.07, 6.45) is 1.71. The summed E-state index contributed by atoms with van der Waals surface area (Å²) < 4.78 is 2.10. The summed E-state index contributed by atoms with van der Waals surface area (Å²) in [5, 5.41) is 0.624. The van der Waals surface area contributed by atoms with Gasteiger partial charge in [0.05, 0.1) is 12.2 Å². The molecule has 0 atom stereocenters. The Bertz CT molecular complexity index is 733. The molecule has 0 bridgehead atoms. The number of rotatable bonds is 4. The molecule has 0 N–H and O–H groups in total. The fraction of sp³-hybridized carbons (Fsp3) is 0.118. The number of carbonyl (C=O) groups excluding carboxylic acids is 1. The van der Waals surface area contributed by atoms with Gasteiger partial charge in [0.15, 0.2) is 0 Å². The molecule has 1 amide bonds. The fourth-order valence-electron chi connectivity index (χ4n) is 2.14. The molecule has 0 unspecified atom stereocenters. The minimum atomic E-state index is -0.0267. The van der Waals surface area contributed by atoms with Crippen molar-refractivity contribution in [3.8, 4) is 0 Å². The highest BCUT2D eigenvalue weighted by Gasteiger charge is 2.16. The molecule has 2 aromatic rings. The lowest BCUT2D eigenvalue weighted by Gasteiger charge is -2.24. The molecule has 2 aromatic carbocycles. The van der Waals surface area contributed by atoms with Crippen LogP contribution in [0, 0.1) is 3.57 Å². The van der Waals surface area contributed by atoms with Gasteiger partial charge in [-0.2, -0.15) is 0 Å². The molecule has 0 spiro atoms. The lowest BCUT2D eigenvalue weighted by Crippen LogP contribution is -2.28. The predicted octanol–water partition coefficient (Wildman–Crippen LogP) is 5.90. The zero-order valence-electron chi connectivity index (χ0n) is 11.9. The van der Waals surface area contributed by atoms with Crippen LogP contribution in [-0.2, 0) is 11.3 Å². The van der Waals surface area contributed by atoms with Crippen molar-refractivity contribution in [2.75, 3.05) is 4.90 Å². The molecule has 2 nitrogen and oxygen atoms in total. The summed E-state index contributed by atoms with van der Waals surface area (Å²) in [6, 6.07) is 11.5. The molecule has 0 aliphatic rings. The molecule has 0 radical (unpaired) electrons. The summed E-state index contributed by atoms with van der Waals surface area (Å²) >= 11 is 11.8. The average Bonchev–Trinajstić information content (AvgIpc) is 2.48. The molecule has 0 aromatic heterocycles. The second kappa shape index (κ2) is 7.62. The second-order valence-electron chi connectivity index (χ2n) is 4.75. The van der Waals surface area contributed by atoms with E-state index in [1.165, 1.54) is 0 Å². The molecule has 0 saturated carbocycles. The van der Waals surface area contributed by atoms with Gasteiger partial charge in [-0.15, -0.1) is 0 Å². The van der Waals surface area contributed by atoms with E-state index in [0.29, 0.717) is 11.6 Å². The highest BCUT2D eigenvalue weighted by Crippen LogP contribution is 2.28. The zero-order valence-corrected chi connectivity index (χ0v) is 16.4. The van der Waals surface area contributed by atoms with E-state index < -0.39 is 0 Å². The minimum absolute atomic E-state index is 0.0267. The van der Waals surface area contributed by atoms with E-state index in [4.69, 9.17) is 11.6 Å². The SMILES string of the molecule is C=Cc1cc(Cl)ccc1N(Cc1cc(Br)ccc1I)C(C)=O. The summed E-state index contributed by atoms with van der Waals surface area (Å²) in [4.78, 5) is 13.9. The Labute approximate surface area is 157 Å². The fourth-order valence-corrected chi connectivity index (χ4v) is 3.23. The van der Waals surface area contributed by atoms with Crippen molar-refractivity contribution in [2.45, 2.75) is 13.5 Å². The van der Waals surface area contributed by atoms with Crippen LogP contribution < -0.4 is 4.90 Å². The molecular formula is C17H14BrClINO. The van der Waals surface area contributed by atoms with Crippen LogP contribution in [0.5, 0.6) is 0 Å². The van der Waals surface area contributed by atoms with Gasteiger partial charge in [0.2, 0.25) is 5.91 Å². The second-order valence-corrected chi connectivity index (χ2v) is 7.26. The maximum absolute atomic E-state index is 12.1. The van der Waals surface area contributed by atoms with E-state index in [-0.39, 0.29) is 5.91 Å². The topological polar surface area (TPSA) is 20.3 Å². The third-order valence-corrected chi connectivity index (χ3v) is 5.00. The van der Waals surface area contributed by atoms with Crippen LogP contribution in [0.2, 0.25) is 5.02 Å².